The van der Waals surface area contributed by atoms with Gasteiger partial charge < -0.3 is 15.5 Å². The highest BCUT2D eigenvalue weighted by Crippen LogP contribution is 2.39. The summed E-state index contributed by atoms with van der Waals surface area (Å²) in [6.07, 6.45) is 9.05. The molecule has 2 atom stereocenters. The van der Waals surface area contributed by atoms with Crippen LogP contribution >= 0.6 is 0 Å². The third kappa shape index (κ3) is 4.43. The number of likely N-dealkylation sites (tertiary alicyclic amines) is 1. The molecule has 1 aliphatic carbocycles. The number of nitriles is 1. The number of piperidine rings is 1. The maximum absolute atomic E-state index is 13.4. The van der Waals surface area contributed by atoms with Crippen LogP contribution in [0.1, 0.15) is 56.6 Å². The number of benzene rings is 2. The molecule has 2 N–H and O–H groups in total. The number of anilines is 1. The van der Waals surface area contributed by atoms with Crippen LogP contribution in [0.5, 0.6) is 0 Å². The van der Waals surface area contributed by atoms with Gasteiger partial charge in [0.15, 0.2) is 0 Å². The van der Waals surface area contributed by atoms with Crippen LogP contribution in [0.2, 0.25) is 0 Å². The van der Waals surface area contributed by atoms with Crippen molar-refractivity contribution < 1.29 is 4.79 Å². The fourth-order valence-corrected chi connectivity index (χ4v) is 6.77. The van der Waals surface area contributed by atoms with Crippen molar-refractivity contribution in [1.29, 1.82) is 5.26 Å². The molecule has 192 valence electrons. The average Bonchev–Trinajstić information content (AvgIpc) is 3.66. The molecule has 0 radical (unpaired) electrons. The number of amides is 1. The lowest BCUT2D eigenvalue weighted by Crippen LogP contribution is -2.41. The Morgan fingerprint density at radius 3 is 2.49 bits per heavy atom. The molecule has 3 aromatic rings. The largest absolute Gasteiger partial charge is 0.323 e. The van der Waals surface area contributed by atoms with Crippen molar-refractivity contribution in [2.75, 3.05) is 31.5 Å². The van der Waals surface area contributed by atoms with Crippen LogP contribution < -0.4 is 10.6 Å². The van der Waals surface area contributed by atoms with Crippen LogP contribution in [0, 0.1) is 23.2 Å². The summed E-state index contributed by atoms with van der Waals surface area (Å²) in [4.78, 5) is 16.2. The zero-order valence-corrected chi connectivity index (χ0v) is 21.8. The maximum Gasteiger partial charge on any atom is 0.251 e. The topological polar surface area (TPSA) is 86.0 Å². The third-order valence-electron chi connectivity index (χ3n) is 9.17. The highest BCUT2D eigenvalue weighted by atomic mass is 16.2. The number of carbonyl (C=O) groups is 1. The fraction of sp³-hybridized carbons (Fsp3) is 0.500. The number of fused-ring (bicyclic) bond motifs is 2. The lowest BCUT2D eigenvalue weighted by atomic mass is 9.90. The quantitative estimate of drug-likeness (QED) is 0.545. The minimum Gasteiger partial charge on any atom is -0.323 e. The average molecular weight is 497 g/mol. The summed E-state index contributed by atoms with van der Waals surface area (Å²) in [6.45, 7) is 8.54. The van der Waals surface area contributed by atoms with Crippen LogP contribution in [0.25, 0.3) is 10.8 Å². The van der Waals surface area contributed by atoms with Gasteiger partial charge in [-0.25, -0.2) is 0 Å². The normalized spacial score (nSPS) is 24.7. The Hall–Kier alpha value is -3.21. The smallest absolute Gasteiger partial charge is 0.251 e. The summed E-state index contributed by atoms with van der Waals surface area (Å²) in [5.74, 6) is 2.13. The molecule has 37 heavy (non-hydrogen) atoms. The molecule has 1 aromatic heterocycles. The van der Waals surface area contributed by atoms with Gasteiger partial charge in [0.25, 0.3) is 5.91 Å². The van der Waals surface area contributed by atoms with E-state index in [1.165, 1.54) is 31.5 Å². The van der Waals surface area contributed by atoms with Gasteiger partial charge in [-0.05, 0) is 101 Å². The summed E-state index contributed by atoms with van der Waals surface area (Å²) < 4.78 is 1.81. The first-order valence-electron chi connectivity index (χ1n) is 13.7. The van der Waals surface area contributed by atoms with Gasteiger partial charge in [0.2, 0.25) is 0 Å². The number of aromatic nitrogens is 2. The van der Waals surface area contributed by atoms with Crippen LogP contribution in [0.4, 0.5) is 5.69 Å². The van der Waals surface area contributed by atoms with E-state index in [0.29, 0.717) is 17.2 Å². The Kier molecular flexibility index (Phi) is 6.26. The summed E-state index contributed by atoms with van der Waals surface area (Å²) in [6, 6.07) is 14.3. The van der Waals surface area contributed by atoms with Gasteiger partial charge >= 0.3 is 0 Å². The van der Waals surface area contributed by atoms with Crippen molar-refractivity contribution in [2.45, 2.75) is 57.0 Å². The molecule has 3 fully saturated rings. The lowest BCUT2D eigenvalue weighted by Gasteiger charge is -2.36. The summed E-state index contributed by atoms with van der Waals surface area (Å²) in [5, 5.41) is 22.4. The van der Waals surface area contributed by atoms with Gasteiger partial charge in [0.1, 0.15) is 5.54 Å². The second kappa shape index (κ2) is 9.59. The van der Waals surface area contributed by atoms with Crippen LogP contribution in [-0.2, 0) is 10.3 Å². The van der Waals surface area contributed by atoms with Crippen molar-refractivity contribution in [2.24, 2.45) is 11.8 Å². The molecule has 7 heteroatoms. The molecule has 0 spiro atoms. The van der Waals surface area contributed by atoms with Gasteiger partial charge in [-0.15, -0.1) is 0 Å². The minimum atomic E-state index is -0.858. The molecule has 3 aliphatic rings. The lowest BCUT2D eigenvalue weighted by molar-refractivity contribution is -0.123. The second-order valence-corrected chi connectivity index (χ2v) is 11.7. The van der Waals surface area contributed by atoms with Gasteiger partial charge in [-0.1, -0.05) is 24.3 Å². The number of nitrogens with zero attached hydrogens (tertiary/aromatic N) is 4. The van der Waals surface area contributed by atoms with E-state index in [2.05, 4.69) is 32.9 Å². The predicted molar refractivity (Wildman–Crippen MR) is 145 cm³/mol. The predicted octanol–water partition coefficient (Wildman–Crippen LogP) is 4.46. The maximum atomic E-state index is 13.4. The van der Waals surface area contributed by atoms with Crippen LogP contribution in [0.3, 0.4) is 0 Å². The highest BCUT2D eigenvalue weighted by molar-refractivity contribution is 6.05. The van der Waals surface area contributed by atoms with Crippen LogP contribution in [0.15, 0.2) is 48.8 Å². The molecule has 2 unspecified atom stereocenters. The zero-order valence-electron chi connectivity index (χ0n) is 21.8. The first-order chi connectivity index (χ1) is 17.9. The standard InChI is InChI=1S/C30H36N6O/c1-30(2,29(37)34-28-8-7-21(15-31)26-5-3-4-6-27(26)28)36-19-24(18-33-36)20-9-11-35(12-10-20)25-13-22-16-32-17-23(22)14-25/h3-8,18-20,22-23,25,32H,9-14,16-17H2,1-2H3,(H,34,37). The molecule has 3 heterocycles. The molecular formula is C30H36N6O. The first kappa shape index (κ1) is 24.1. The van der Waals surface area contributed by atoms with Crippen molar-refractivity contribution in [3.05, 3.63) is 59.9 Å². The monoisotopic (exact) mass is 496 g/mol. The van der Waals surface area contributed by atoms with Gasteiger partial charge in [-0.2, -0.15) is 10.4 Å². The van der Waals surface area contributed by atoms with E-state index in [9.17, 15) is 10.1 Å². The summed E-state index contributed by atoms with van der Waals surface area (Å²) in [7, 11) is 0. The fourth-order valence-electron chi connectivity index (χ4n) is 6.77. The number of nitrogens with one attached hydrogen (secondary N) is 2. The van der Waals surface area contributed by atoms with E-state index in [-0.39, 0.29) is 5.91 Å². The van der Waals surface area contributed by atoms with Crippen molar-refractivity contribution >= 4 is 22.4 Å². The van der Waals surface area contributed by atoms with E-state index in [4.69, 9.17) is 0 Å². The molecule has 2 aliphatic heterocycles. The van der Waals surface area contributed by atoms with E-state index < -0.39 is 5.54 Å². The molecule has 0 bridgehead atoms. The van der Waals surface area contributed by atoms with Crippen molar-refractivity contribution in [1.82, 2.24) is 20.0 Å². The molecule has 1 saturated carbocycles. The van der Waals surface area contributed by atoms with Gasteiger partial charge in [-0.3, -0.25) is 9.48 Å². The highest BCUT2D eigenvalue weighted by Gasteiger charge is 2.40. The molecule has 6 rings (SSSR count). The number of hydrogen-bond donors (Lipinski definition) is 2. The SMILES string of the molecule is CC(C)(C(=O)Nc1ccc(C#N)c2ccccc12)n1cc(C2CCN(C3CC4CNCC4C3)CC2)cn1. The minimum absolute atomic E-state index is 0.131. The van der Waals surface area contributed by atoms with Crippen LogP contribution in [-0.4, -0.2) is 52.8 Å². The van der Waals surface area contributed by atoms with E-state index >= 15 is 0 Å². The van der Waals surface area contributed by atoms with Crippen molar-refractivity contribution in [3.8, 4) is 6.07 Å². The molecular weight excluding hydrogens is 460 g/mol. The first-order valence-corrected chi connectivity index (χ1v) is 13.7. The number of hydrogen-bond acceptors (Lipinski definition) is 5. The third-order valence-corrected chi connectivity index (χ3v) is 9.17. The molecule has 7 nitrogen and oxygen atoms in total. The Morgan fingerprint density at radius 1 is 1.08 bits per heavy atom. The Balaban J connectivity index is 1.11. The molecule has 2 aromatic carbocycles. The van der Waals surface area contributed by atoms with E-state index in [0.717, 1.165) is 54.6 Å². The Bertz CT molecular complexity index is 1330. The Morgan fingerprint density at radius 2 is 1.78 bits per heavy atom. The number of carbonyl (C=O) groups excluding carboxylic acids is 1. The van der Waals surface area contributed by atoms with Gasteiger partial charge in [0.05, 0.1) is 17.8 Å². The zero-order chi connectivity index (χ0) is 25.6. The van der Waals surface area contributed by atoms with Gasteiger partial charge in [0, 0.05) is 28.7 Å². The number of rotatable bonds is 5. The molecule has 1 amide bonds. The molecule has 2 saturated heterocycles. The summed E-state index contributed by atoms with van der Waals surface area (Å²) >= 11 is 0. The second-order valence-electron chi connectivity index (χ2n) is 11.7. The summed E-state index contributed by atoms with van der Waals surface area (Å²) in [5.41, 5.74) is 1.68. The van der Waals surface area contributed by atoms with Crippen molar-refractivity contribution in [3.63, 3.8) is 0 Å². The van der Waals surface area contributed by atoms with E-state index in [1.807, 2.05) is 50.4 Å². The Labute approximate surface area is 218 Å². The van der Waals surface area contributed by atoms with E-state index in [1.54, 1.807) is 10.7 Å².